The highest BCUT2D eigenvalue weighted by Crippen LogP contribution is 2.46. The van der Waals surface area contributed by atoms with Crippen LogP contribution in [0.3, 0.4) is 0 Å². The minimum absolute atomic E-state index is 0.152. The summed E-state index contributed by atoms with van der Waals surface area (Å²) in [5.41, 5.74) is 0.980. The lowest BCUT2D eigenvalue weighted by atomic mass is 9.84. The van der Waals surface area contributed by atoms with Gasteiger partial charge in [0.05, 0.1) is 6.26 Å². The van der Waals surface area contributed by atoms with E-state index in [0.29, 0.717) is 5.92 Å². The summed E-state index contributed by atoms with van der Waals surface area (Å²) < 4.78 is 15.8. The third kappa shape index (κ3) is 3.08. The largest absolute Gasteiger partial charge is 0.462 e. The van der Waals surface area contributed by atoms with Crippen LogP contribution in [0.2, 0.25) is 0 Å². The number of carbonyl (C=O) groups is 2. The van der Waals surface area contributed by atoms with Gasteiger partial charge in [0.15, 0.2) is 0 Å². The second kappa shape index (κ2) is 5.63. The van der Waals surface area contributed by atoms with Gasteiger partial charge in [-0.05, 0) is 24.7 Å². The highest BCUT2D eigenvalue weighted by atomic mass is 16.7. The molecule has 0 N–H and O–H groups in total. The Hall–Kier alpha value is -1.52. The lowest BCUT2D eigenvalue weighted by molar-refractivity contribution is -0.185. The van der Waals surface area contributed by atoms with E-state index < -0.39 is 6.29 Å². The minimum Gasteiger partial charge on any atom is -0.462 e. The van der Waals surface area contributed by atoms with Gasteiger partial charge in [-0.2, -0.15) is 0 Å². The second-order valence-electron chi connectivity index (χ2n) is 5.33. The number of hydrogen-bond donors (Lipinski definition) is 0. The van der Waals surface area contributed by atoms with Crippen molar-refractivity contribution >= 4 is 11.9 Å². The SMILES string of the molecule is CC(=O)OCC1=CO[C@@H](OC(C)=O)[C@H]2[C@@H]1CC[C@@H]2C. The average molecular weight is 268 g/mol. The second-order valence-corrected chi connectivity index (χ2v) is 5.33. The zero-order valence-electron chi connectivity index (χ0n) is 11.5. The van der Waals surface area contributed by atoms with Gasteiger partial charge in [-0.15, -0.1) is 0 Å². The first-order valence-electron chi connectivity index (χ1n) is 6.64. The number of ether oxygens (including phenoxy) is 3. The van der Waals surface area contributed by atoms with E-state index in [0.717, 1.165) is 18.4 Å². The maximum atomic E-state index is 11.1. The number of carbonyl (C=O) groups excluding carboxylic acids is 2. The molecule has 0 saturated heterocycles. The number of rotatable bonds is 3. The van der Waals surface area contributed by atoms with Gasteiger partial charge in [0.2, 0.25) is 6.29 Å². The van der Waals surface area contributed by atoms with Crippen molar-refractivity contribution in [2.24, 2.45) is 17.8 Å². The van der Waals surface area contributed by atoms with Crippen molar-refractivity contribution in [2.45, 2.75) is 39.9 Å². The fourth-order valence-electron chi connectivity index (χ4n) is 3.04. The van der Waals surface area contributed by atoms with Crippen molar-refractivity contribution in [3.8, 4) is 0 Å². The highest BCUT2D eigenvalue weighted by molar-refractivity contribution is 5.66. The molecule has 0 spiro atoms. The molecule has 0 aromatic carbocycles. The van der Waals surface area contributed by atoms with Crippen LogP contribution in [0, 0.1) is 17.8 Å². The highest BCUT2D eigenvalue weighted by Gasteiger charge is 2.45. The zero-order valence-corrected chi connectivity index (χ0v) is 11.5. The number of hydrogen-bond acceptors (Lipinski definition) is 5. The average Bonchev–Trinajstić information content (AvgIpc) is 2.70. The molecular weight excluding hydrogens is 248 g/mol. The molecule has 1 saturated carbocycles. The molecule has 0 aromatic rings. The van der Waals surface area contributed by atoms with E-state index in [1.165, 1.54) is 13.8 Å². The van der Waals surface area contributed by atoms with Gasteiger partial charge in [-0.1, -0.05) is 6.92 Å². The molecule has 2 rings (SSSR count). The molecule has 0 radical (unpaired) electrons. The van der Waals surface area contributed by atoms with Crippen molar-refractivity contribution in [2.75, 3.05) is 6.61 Å². The van der Waals surface area contributed by atoms with E-state index >= 15 is 0 Å². The van der Waals surface area contributed by atoms with Crippen molar-refractivity contribution in [1.29, 1.82) is 0 Å². The van der Waals surface area contributed by atoms with Crippen molar-refractivity contribution in [3.05, 3.63) is 11.8 Å². The molecule has 5 heteroatoms. The standard InChI is InChI=1S/C14H20O5/c1-8-4-5-12-11(6-17-9(2)15)7-18-14(13(8)12)19-10(3)16/h7-8,12-14H,4-6H2,1-3H3/t8-,12+,13+,14-/m0/s1. The molecule has 1 heterocycles. The fraction of sp³-hybridized carbons (Fsp3) is 0.714. The van der Waals surface area contributed by atoms with Crippen LogP contribution in [0.4, 0.5) is 0 Å². The van der Waals surface area contributed by atoms with Crippen LogP contribution in [0.1, 0.15) is 33.6 Å². The summed E-state index contributed by atoms with van der Waals surface area (Å²) in [4.78, 5) is 22.0. The molecule has 1 aliphatic carbocycles. The van der Waals surface area contributed by atoms with Crippen LogP contribution in [-0.4, -0.2) is 24.8 Å². The van der Waals surface area contributed by atoms with Crippen molar-refractivity contribution in [3.63, 3.8) is 0 Å². The van der Waals surface area contributed by atoms with E-state index in [1.807, 2.05) is 0 Å². The first-order chi connectivity index (χ1) is 8.99. The third-order valence-corrected chi connectivity index (χ3v) is 3.92. The maximum Gasteiger partial charge on any atom is 0.305 e. The van der Waals surface area contributed by atoms with E-state index in [2.05, 4.69) is 6.92 Å². The van der Waals surface area contributed by atoms with Crippen LogP contribution >= 0.6 is 0 Å². The van der Waals surface area contributed by atoms with Crippen LogP contribution in [0.5, 0.6) is 0 Å². The lowest BCUT2D eigenvalue weighted by Crippen LogP contribution is -2.37. The molecule has 5 nitrogen and oxygen atoms in total. The van der Waals surface area contributed by atoms with Gasteiger partial charge >= 0.3 is 11.9 Å². The predicted molar refractivity (Wildman–Crippen MR) is 66.7 cm³/mol. The van der Waals surface area contributed by atoms with Gasteiger partial charge in [0.25, 0.3) is 0 Å². The summed E-state index contributed by atoms with van der Waals surface area (Å²) >= 11 is 0. The van der Waals surface area contributed by atoms with E-state index in [9.17, 15) is 9.59 Å². The lowest BCUT2D eigenvalue weighted by Gasteiger charge is -2.35. The Labute approximate surface area is 112 Å². The summed E-state index contributed by atoms with van der Waals surface area (Å²) in [5.74, 6) is 0.215. The first-order valence-corrected chi connectivity index (χ1v) is 6.64. The van der Waals surface area contributed by atoms with E-state index in [4.69, 9.17) is 14.2 Å². The Morgan fingerprint density at radius 3 is 2.68 bits per heavy atom. The summed E-state index contributed by atoms with van der Waals surface area (Å²) in [6, 6.07) is 0. The Bertz CT molecular complexity index is 401. The molecule has 0 amide bonds. The fourth-order valence-corrected chi connectivity index (χ4v) is 3.04. The van der Waals surface area contributed by atoms with E-state index in [-0.39, 0.29) is 30.4 Å². The molecule has 2 aliphatic rings. The van der Waals surface area contributed by atoms with Gasteiger partial charge < -0.3 is 14.2 Å². The summed E-state index contributed by atoms with van der Waals surface area (Å²) in [7, 11) is 0. The van der Waals surface area contributed by atoms with Crippen LogP contribution in [0.15, 0.2) is 11.8 Å². The van der Waals surface area contributed by atoms with Gasteiger partial charge in [0, 0.05) is 25.3 Å². The normalized spacial score (nSPS) is 32.9. The van der Waals surface area contributed by atoms with Crippen molar-refractivity contribution in [1.82, 2.24) is 0 Å². The molecule has 0 bridgehead atoms. The zero-order chi connectivity index (χ0) is 14.0. The quantitative estimate of drug-likeness (QED) is 0.733. The smallest absolute Gasteiger partial charge is 0.305 e. The first kappa shape index (κ1) is 13.9. The van der Waals surface area contributed by atoms with E-state index in [1.54, 1.807) is 6.26 Å². The van der Waals surface area contributed by atoms with Gasteiger partial charge in [-0.3, -0.25) is 9.59 Å². The van der Waals surface area contributed by atoms with Gasteiger partial charge in [-0.25, -0.2) is 0 Å². The Morgan fingerprint density at radius 1 is 1.32 bits per heavy atom. The molecule has 1 aliphatic heterocycles. The maximum absolute atomic E-state index is 11.1. The van der Waals surface area contributed by atoms with Crippen LogP contribution < -0.4 is 0 Å². The minimum atomic E-state index is -0.513. The molecule has 0 aromatic heterocycles. The molecule has 1 fully saturated rings. The topological polar surface area (TPSA) is 61.8 Å². The molecular formula is C14H20O5. The molecule has 4 atom stereocenters. The number of esters is 2. The summed E-state index contributed by atoms with van der Waals surface area (Å²) in [6.07, 6.45) is 3.16. The third-order valence-electron chi connectivity index (χ3n) is 3.92. The molecule has 19 heavy (non-hydrogen) atoms. The van der Waals surface area contributed by atoms with Crippen LogP contribution in [-0.2, 0) is 23.8 Å². The Balaban J connectivity index is 2.10. The molecule has 0 unspecified atom stereocenters. The van der Waals surface area contributed by atoms with Crippen molar-refractivity contribution < 1.29 is 23.8 Å². The Kier molecular flexibility index (Phi) is 4.12. The van der Waals surface area contributed by atoms with Crippen LogP contribution in [0.25, 0.3) is 0 Å². The predicted octanol–water partition coefficient (Wildman–Crippen LogP) is 2.02. The molecule has 106 valence electrons. The number of fused-ring (bicyclic) bond motifs is 1. The summed E-state index contributed by atoms with van der Waals surface area (Å²) in [5, 5.41) is 0. The monoisotopic (exact) mass is 268 g/mol. The summed E-state index contributed by atoms with van der Waals surface area (Å²) in [6.45, 7) is 5.17. The Morgan fingerprint density at radius 2 is 2.05 bits per heavy atom. The van der Waals surface area contributed by atoms with Gasteiger partial charge in [0.1, 0.15) is 6.61 Å².